The fourth-order valence-corrected chi connectivity index (χ4v) is 4.05. The summed E-state index contributed by atoms with van der Waals surface area (Å²) in [5.74, 6) is -0.647. The summed E-state index contributed by atoms with van der Waals surface area (Å²) in [4.78, 5) is 41.2. The lowest BCUT2D eigenvalue weighted by molar-refractivity contribution is -0.384. The van der Waals surface area contributed by atoms with E-state index in [0.717, 1.165) is 6.07 Å². The van der Waals surface area contributed by atoms with Gasteiger partial charge in [0.2, 0.25) is 0 Å². The highest BCUT2D eigenvalue weighted by molar-refractivity contribution is 9.10. The molecule has 1 atom stereocenters. The van der Waals surface area contributed by atoms with Gasteiger partial charge in [-0.3, -0.25) is 19.7 Å². The van der Waals surface area contributed by atoms with Crippen molar-refractivity contribution in [2.75, 3.05) is 11.9 Å². The monoisotopic (exact) mass is 595 g/mol. The zero-order chi connectivity index (χ0) is 28.1. The average molecular weight is 596 g/mol. The fraction of sp³-hybridized carbons (Fsp3) is 0.185. The van der Waals surface area contributed by atoms with Crippen molar-refractivity contribution >= 4 is 50.3 Å². The number of amides is 1. The zero-order valence-electron chi connectivity index (χ0n) is 20.9. The minimum atomic E-state index is -0.580. The molecule has 200 valence electrons. The first-order valence-electron chi connectivity index (χ1n) is 11.9. The quantitative estimate of drug-likeness (QED) is 0.152. The van der Waals surface area contributed by atoms with Crippen LogP contribution in [0.1, 0.15) is 37.6 Å². The molecule has 4 aromatic rings. The molecular formula is C27H23BrFN5O5. The molecule has 0 aliphatic rings. The molecule has 0 bridgehead atoms. The molecule has 1 heterocycles. The molecule has 0 unspecified atom stereocenters. The van der Waals surface area contributed by atoms with Crippen LogP contribution in [0.3, 0.4) is 0 Å². The van der Waals surface area contributed by atoms with Crippen LogP contribution < -0.4 is 15.6 Å². The second kappa shape index (κ2) is 11.9. The maximum absolute atomic E-state index is 13.4. The molecule has 0 aliphatic heterocycles. The summed E-state index contributed by atoms with van der Waals surface area (Å²) in [5, 5.41) is 18.6. The van der Waals surface area contributed by atoms with Crippen molar-refractivity contribution in [3.05, 3.63) is 103 Å². The van der Waals surface area contributed by atoms with Gasteiger partial charge in [0.1, 0.15) is 17.4 Å². The van der Waals surface area contributed by atoms with Crippen molar-refractivity contribution in [3.8, 4) is 5.75 Å². The number of nitrogens with zero attached hydrogens (tertiary/aromatic N) is 4. The van der Waals surface area contributed by atoms with E-state index in [-0.39, 0.29) is 28.6 Å². The van der Waals surface area contributed by atoms with Crippen LogP contribution in [0.15, 0.2) is 75.0 Å². The standard InChI is InChI=1S/C27H23BrFN5O5/c1-3-16(2)26-32-23-9-7-18(28)12-22(23)27(36)33(26)30-14-17-11-21(34(37)38)8-10-24(17)39-15-25(35)31-20-6-4-5-19(29)13-20/h4-14,16H,3,15H2,1-2H3,(H,31,35)/t16-/m0/s1. The van der Waals surface area contributed by atoms with Crippen molar-refractivity contribution in [3.63, 3.8) is 0 Å². The van der Waals surface area contributed by atoms with E-state index in [2.05, 4.69) is 31.3 Å². The van der Waals surface area contributed by atoms with Gasteiger partial charge in [0.05, 0.1) is 22.0 Å². The Morgan fingerprint density at radius 2 is 2.05 bits per heavy atom. The van der Waals surface area contributed by atoms with Gasteiger partial charge in [-0.05, 0) is 48.9 Å². The van der Waals surface area contributed by atoms with Gasteiger partial charge in [-0.1, -0.05) is 35.8 Å². The molecule has 12 heteroatoms. The molecule has 0 aliphatic carbocycles. The van der Waals surface area contributed by atoms with Crippen LogP contribution in [-0.2, 0) is 4.79 Å². The Labute approximate surface area is 230 Å². The lowest BCUT2D eigenvalue weighted by Crippen LogP contribution is -2.24. The van der Waals surface area contributed by atoms with Crippen LogP contribution in [-0.4, -0.2) is 33.3 Å². The number of carbonyl (C=O) groups excluding carboxylic acids is 1. The third kappa shape index (κ3) is 6.52. The van der Waals surface area contributed by atoms with E-state index >= 15 is 0 Å². The molecule has 1 N–H and O–H groups in total. The van der Waals surface area contributed by atoms with Gasteiger partial charge in [0, 0.05) is 33.8 Å². The zero-order valence-corrected chi connectivity index (χ0v) is 22.5. The third-order valence-corrected chi connectivity index (χ3v) is 6.36. The summed E-state index contributed by atoms with van der Waals surface area (Å²) in [6.07, 6.45) is 1.95. The predicted octanol–water partition coefficient (Wildman–Crippen LogP) is 5.62. The van der Waals surface area contributed by atoms with Crippen LogP contribution in [0.25, 0.3) is 10.9 Å². The lowest BCUT2D eigenvalue weighted by Gasteiger charge is -2.14. The Morgan fingerprint density at radius 3 is 2.77 bits per heavy atom. The molecule has 39 heavy (non-hydrogen) atoms. The molecule has 0 saturated heterocycles. The van der Waals surface area contributed by atoms with E-state index in [1.807, 2.05) is 13.8 Å². The Hall–Kier alpha value is -4.45. The van der Waals surface area contributed by atoms with Crippen molar-refractivity contribution in [2.45, 2.75) is 26.2 Å². The van der Waals surface area contributed by atoms with Crippen molar-refractivity contribution < 1.29 is 18.8 Å². The van der Waals surface area contributed by atoms with Crippen LogP contribution >= 0.6 is 15.9 Å². The number of benzene rings is 3. The summed E-state index contributed by atoms with van der Waals surface area (Å²) >= 11 is 3.37. The second-order valence-electron chi connectivity index (χ2n) is 8.63. The number of carbonyl (C=O) groups is 1. The maximum atomic E-state index is 13.4. The number of non-ortho nitro benzene ring substituents is 1. The van der Waals surface area contributed by atoms with Gasteiger partial charge in [-0.2, -0.15) is 9.78 Å². The van der Waals surface area contributed by atoms with Crippen molar-refractivity contribution in [1.82, 2.24) is 9.66 Å². The summed E-state index contributed by atoms with van der Waals surface area (Å²) in [6.45, 7) is 3.41. The van der Waals surface area contributed by atoms with E-state index < -0.39 is 28.8 Å². The number of nitrogens with one attached hydrogen (secondary N) is 1. The van der Waals surface area contributed by atoms with Crippen molar-refractivity contribution in [2.24, 2.45) is 5.10 Å². The van der Waals surface area contributed by atoms with Gasteiger partial charge in [0.15, 0.2) is 6.61 Å². The molecule has 10 nitrogen and oxygen atoms in total. The first-order chi connectivity index (χ1) is 18.7. The van der Waals surface area contributed by atoms with E-state index in [1.54, 1.807) is 18.2 Å². The van der Waals surface area contributed by atoms with Crippen LogP contribution in [0, 0.1) is 15.9 Å². The molecule has 0 spiro atoms. The number of nitro groups is 1. The Morgan fingerprint density at radius 1 is 1.26 bits per heavy atom. The summed E-state index contributed by atoms with van der Waals surface area (Å²) < 4.78 is 20.9. The lowest BCUT2D eigenvalue weighted by atomic mass is 10.1. The number of hydrogen-bond donors (Lipinski definition) is 1. The first-order valence-corrected chi connectivity index (χ1v) is 12.7. The number of fused-ring (bicyclic) bond motifs is 1. The smallest absolute Gasteiger partial charge is 0.282 e. The van der Waals surface area contributed by atoms with Gasteiger partial charge >= 0.3 is 0 Å². The van der Waals surface area contributed by atoms with Crippen LogP contribution in [0.2, 0.25) is 0 Å². The average Bonchev–Trinajstić information content (AvgIpc) is 2.91. The Balaban J connectivity index is 1.69. The minimum absolute atomic E-state index is 0.116. The highest BCUT2D eigenvalue weighted by atomic mass is 79.9. The highest BCUT2D eigenvalue weighted by Crippen LogP contribution is 2.24. The summed E-state index contributed by atoms with van der Waals surface area (Å²) in [7, 11) is 0. The number of rotatable bonds is 9. The van der Waals surface area contributed by atoms with Gasteiger partial charge in [-0.15, -0.1) is 0 Å². The van der Waals surface area contributed by atoms with Gasteiger partial charge in [-0.25, -0.2) is 9.37 Å². The van der Waals surface area contributed by atoms with E-state index in [4.69, 9.17) is 4.74 Å². The number of aromatic nitrogens is 2. The highest BCUT2D eigenvalue weighted by Gasteiger charge is 2.17. The first kappa shape index (κ1) is 27.6. The molecular weight excluding hydrogens is 573 g/mol. The molecule has 3 aromatic carbocycles. The molecule has 1 aromatic heterocycles. The number of anilines is 1. The normalized spacial score (nSPS) is 12.0. The number of ether oxygens (including phenoxy) is 1. The SMILES string of the molecule is CC[C@H](C)c1nc2ccc(Br)cc2c(=O)n1N=Cc1cc([N+](=O)[O-])ccc1OCC(=O)Nc1cccc(F)c1. The van der Waals surface area contributed by atoms with E-state index in [9.17, 15) is 24.1 Å². The van der Waals surface area contributed by atoms with E-state index in [1.165, 1.54) is 47.3 Å². The minimum Gasteiger partial charge on any atom is -0.483 e. The Bertz CT molecular complexity index is 1660. The topological polar surface area (TPSA) is 129 Å². The number of halogens is 2. The fourth-order valence-electron chi connectivity index (χ4n) is 3.69. The summed E-state index contributed by atoms with van der Waals surface area (Å²) in [6, 6.07) is 14.3. The molecule has 1 amide bonds. The maximum Gasteiger partial charge on any atom is 0.282 e. The van der Waals surface area contributed by atoms with Crippen LogP contribution in [0.4, 0.5) is 15.8 Å². The van der Waals surface area contributed by atoms with Gasteiger partial charge < -0.3 is 10.1 Å². The number of nitro benzene ring substituents is 1. The molecule has 0 radical (unpaired) electrons. The largest absolute Gasteiger partial charge is 0.483 e. The van der Waals surface area contributed by atoms with E-state index in [0.29, 0.717) is 27.6 Å². The Kier molecular flexibility index (Phi) is 8.45. The third-order valence-electron chi connectivity index (χ3n) is 5.87. The predicted molar refractivity (Wildman–Crippen MR) is 149 cm³/mol. The summed E-state index contributed by atoms with van der Waals surface area (Å²) in [5.41, 5.74) is 0.299. The molecule has 0 saturated carbocycles. The van der Waals surface area contributed by atoms with Crippen LogP contribution in [0.5, 0.6) is 5.75 Å². The second-order valence-corrected chi connectivity index (χ2v) is 9.54. The number of hydrogen-bond acceptors (Lipinski definition) is 7. The molecule has 0 fully saturated rings. The molecule has 4 rings (SSSR count). The van der Waals surface area contributed by atoms with Gasteiger partial charge in [0.25, 0.3) is 17.2 Å². The van der Waals surface area contributed by atoms with Crippen molar-refractivity contribution in [1.29, 1.82) is 0 Å².